The first kappa shape index (κ1) is 34.3. The van der Waals surface area contributed by atoms with E-state index < -0.39 is 0 Å². The molecule has 270 valence electrons. The predicted molar refractivity (Wildman–Crippen MR) is 245 cm³/mol. The molecule has 10 aromatic rings. The van der Waals surface area contributed by atoms with Gasteiger partial charge >= 0.3 is 0 Å². The van der Waals surface area contributed by atoms with Crippen molar-refractivity contribution in [2.75, 3.05) is 4.90 Å². The second kappa shape index (κ2) is 14.5. The molecule has 0 amide bonds. The first-order valence-electron chi connectivity index (χ1n) is 19.8. The van der Waals surface area contributed by atoms with Crippen LogP contribution in [0.4, 0.5) is 17.1 Å². The lowest BCUT2D eigenvalue weighted by atomic mass is 9.92. The van der Waals surface area contributed by atoms with Crippen molar-refractivity contribution in [1.82, 2.24) is 0 Å². The number of hydrogen-bond donors (Lipinski definition) is 0. The van der Waals surface area contributed by atoms with E-state index in [-0.39, 0.29) is 0 Å². The van der Waals surface area contributed by atoms with Crippen LogP contribution in [0.1, 0.15) is 11.1 Å². The van der Waals surface area contributed by atoms with Gasteiger partial charge in [-0.2, -0.15) is 0 Å². The van der Waals surface area contributed by atoms with Crippen molar-refractivity contribution in [3.05, 3.63) is 223 Å². The van der Waals surface area contributed by atoms with Gasteiger partial charge in [0.2, 0.25) is 0 Å². The molecule has 0 saturated carbocycles. The summed E-state index contributed by atoms with van der Waals surface area (Å²) in [5, 5.41) is 7.44. The Labute approximate surface area is 334 Å². The third-order valence-corrected chi connectivity index (χ3v) is 11.5. The zero-order valence-electron chi connectivity index (χ0n) is 32.2. The van der Waals surface area contributed by atoms with Gasteiger partial charge in [0.1, 0.15) is 0 Å². The Bertz CT molecular complexity index is 3040. The van der Waals surface area contributed by atoms with Crippen LogP contribution in [0.5, 0.6) is 0 Å². The Balaban J connectivity index is 1.14. The lowest BCUT2D eigenvalue weighted by Crippen LogP contribution is -2.10. The van der Waals surface area contributed by atoms with Gasteiger partial charge in [0.15, 0.2) is 0 Å². The molecule has 0 N–H and O–H groups in total. The van der Waals surface area contributed by atoms with Crippen molar-refractivity contribution in [2.24, 2.45) is 0 Å². The summed E-state index contributed by atoms with van der Waals surface area (Å²) in [5.41, 5.74) is 15.8. The van der Waals surface area contributed by atoms with Crippen LogP contribution in [-0.2, 0) is 0 Å². The molecule has 0 unspecified atom stereocenters. The average molecular weight is 728 g/mol. The molecule has 1 nitrogen and oxygen atoms in total. The smallest absolute Gasteiger partial charge is 0.0474 e. The summed E-state index contributed by atoms with van der Waals surface area (Å²) in [4.78, 5) is 2.41. The van der Waals surface area contributed by atoms with Crippen LogP contribution in [0.2, 0.25) is 0 Å². The third kappa shape index (κ3) is 6.24. The Morgan fingerprint density at radius 1 is 0.281 bits per heavy atom. The standard InChI is InChI=1S/C56H41N/c1-38-14-12-15-39(2)56(38)43-28-32-46(33-29-43)57(47-36-44-19-7-9-22-49(44)55(37-47)54-25-13-20-41-18-6-8-21-48(41)54)45-30-26-42(27-31-45)51-35-34-50(40-16-4-3-5-17-40)52-23-10-11-24-53(51)52/h3-37H,1-2H3. The van der Waals surface area contributed by atoms with E-state index in [1.54, 1.807) is 0 Å². The monoisotopic (exact) mass is 727 g/mol. The highest BCUT2D eigenvalue weighted by molar-refractivity contribution is 6.08. The molecule has 0 aromatic heterocycles. The molecule has 0 spiro atoms. The highest BCUT2D eigenvalue weighted by atomic mass is 15.1. The largest absolute Gasteiger partial charge is 0.310 e. The second-order valence-corrected chi connectivity index (χ2v) is 15.0. The molecule has 1 heteroatoms. The zero-order valence-corrected chi connectivity index (χ0v) is 32.2. The van der Waals surface area contributed by atoms with Crippen LogP contribution >= 0.6 is 0 Å². The molecule has 0 atom stereocenters. The number of hydrogen-bond acceptors (Lipinski definition) is 1. The van der Waals surface area contributed by atoms with Gasteiger partial charge in [0.05, 0.1) is 0 Å². The van der Waals surface area contributed by atoms with Crippen molar-refractivity contribution < 1.29 is 0 Å². The first-order valence-corrected chi connectivity index (χ1v) is 19.8. The molecule has 0 aliphatic rings. The van der Waals surface area contributed by atoms with Crippen molar-refractivity contribution in [3.63, 3.8) is 0 Å². The highest BCUT2D eigenvalue weighted by Gasteiger charge is 2.18. The fourth-order valence-electron chi connectivity index (χ4n) is 8.81. The molecule has 0 saturated heterocycles. The van der Waals surface area contributed by atoms with Crippen molar-refractivity contribution in [1.29, 1.82) is 0 Å². The molecule has 0 aliphatic heterocycles. The van der Waals surface area contributed by atoms with E-state index in [9.17, 15) is 0 Å². The molecule has 10 rings (SSSR count). The molecule has 0 fully saturated rings. The number of rotatable bonds is 7. The number of fused-ring (bicyclic) bond motifs is 3. The normalized spacial score (nSPS) is 11.3. The van der Waals surface area contributed by atoms with Crippen LogP contribution in [-0.4, -0.2) is 0 Å². The Kier molecular flexibility index (Phi) is 8.69. The van der Waals surface area contributed by atoms with Crippen molar-refractivity contribution >= 4 is 49.4 Å². The van der Waals surface area contributed by atoms with Gasteiger partial charge in [-0.3, -0.25) is 0 Å². The molecule has 0 heterocycles. The van der Waals surface area contributed by atoms with E-state index in [0.717, 1.165) is 17.1 Å². The molecule has 0 aliphatic carbocycles. The molecule has 0 bridgehead atoms. The van der Waals surface area contributed by atoms with Gasteiger partial charge in [-0.15, -0.1) is 0 Å². The van der Waals surface area contributed by atoms with E-state index >= 15 is 0 Å². The summed E-state index contributed by atoms with van der Waals surface area (Å²) < 4.78 is 0. The second-order valence-electron chi connectivity index (χ2n) is 15.0. The van der Waals surface area contributed by atoms with Gasteiger partial charge in [0.25, 0.3) is 0 Å². The van der Waals surface area contributed by atoms with Gasteiger partial charge in [-0.25, -0.2) is 0 Å². The number of anilines is 3. The van der Waals surface area contributed by atoms with Gasteiger partial charge in [0, 0.05) is 17.1 Å². The van der Waals surface area contributed by atoms with Crippen LogP contribution in [0.15, 0.2) is 212 Å². The number of benzene rings is 10. The Morgan fingerprint density at radius 2 is 0.754 bits per heavy atom. The minimum atomic E-state index is 1.10. The summed E-state index contributed by atoms with van der Waals surface area (Å²) in [5.74, 6) is 0. The first-order chi connectivity index (χ1) is 28.1. The number of aryl methyl sites for hydroxylation is 2. The maximum atomic E-state index is 2.41. The fraction of sp³-hybridized carbons (Fsp3) is 0.0357. The minimum absolute atomic E-state index is 1.10. The molecular weight excluding hydrogens is 687 g/mol. The predicted octanol–water partition coefficient (Wildman–Crippen LogP) is 15.9. The molecule has 0 radical (unpaired) electrons. The summed E-state index contributed by atoms with van der Waals surface area (Å²) in [6.07, 6.45) is 0. The van der Waals surface area contributed by atoms with E-state index in [4.69, 9.17) is 0 Å². The SMILES string of the molecule is Cc1cccc(C)c1-c1ccc(N(c2ccc(-c3ccc(-c4ccccc4)c4ccccc34)cc2)c2cc(-c3cccc4ccccc34)c3ccccc3c2)cc1. The van der Waals surface area contributed by atoms with E-state index in [0.29, 0.717) is 0 Å². The van der Waals surface area contributed by atoms with Crippen molar-refractivity contribution in [2.45, 2.75) is 13.8 Å². The van der Waals surface area contributed by atoms with Gasteiger partial charge < -0.3 is 4.90 Å². The van der Waals surface area contributed by atoms with E-state index in [1.165, 1.54) is 88.0 Å². The maximum Gasteiger partial charge on any atom is 0.0474 e. The quantitative estimate of drug-likeness (QED) is 0.158. The highest BCUT2D eigenvalue weighted by Crippen LogP contribution is 2.44. The molecular formula is C56H41N. The summed E-state index contributed by atoms with van der Waals surface area (Å²) >= 11 is 0. The lowest BCUT2D eigenvalue weighted by Gasteiger charge is -2.27. The van der Waals surface area contributed by atoms with Gasteiger partial charge in [-0.1, -0.05) is 176 Å². The summed E-state index contributed by atoms with van der Waals surface area (Å²) in [7, 11) is 0. The van der Waals surface area contributed by atoms with Crippen LogP contribution in [0.3, 0.4) is 0 Å². The van der Waals surface area contributed by atoms with Crippen LogP contribution < -0.4 is 4.90 Å². The van der Waals surface area contributed by atoms with E-state index in [2.05, 4.69) is 231 Å². The van der Waals surface area contributed by atoms with Crippen LogP contribution in [0.25, 0.3) is 76.8 Å². The van der Waals surface area contributed by atoms with E-state index in [1.807, 2.05) is 0 Å². The zero-order chi connectivity index (χ0) is 38.3. The average Bonchev–Trinajstić information content (AvgIpc) is 3.27. The van der Waals surface area contributed by atoms with Gasteiger partial charge in [-0.05, 0) is 138 Å². The minimum Gasteiger partial charge on any atom is -0.310 e. The summed E-state index contributed by atoms with van der Waals surface area (Å²) in [6.45, 7) is 4.40. The Hall–Kier alpha value is -7.22. The molecule has 57 heavy (non-hydrogen) atoms. The maximum absolute atomic E-state index is 2.41. The number of nitrogens with zero attached hydrogens (tertiary/aromatic N) is 1. The summed E-state index contributed by atoms with van der Waals surface area (Å²) in [6, 6.07) is 77.6. The Morgan fingerprint density at radius 3 is 1.39 bits per heavy atom. The van der Waals surface area contributed by atoms with Crippen LogP contribution in [0, 0.1) is 13.8 Å². The molecule has 10 aromatic carbocycles. The fourth-order valence-corrected chi connectivity index (χ4v) is 8.81. The third-order valence-electron chi connectivity index (χ3n) is 11.5. The lowest BCUT2D eigenvalue weighted by molar-refractivity contribution is 1.29. The topological polar surface area (TPSA) is 3.24 Å². The van der Waals surface area contributed by atoms with Crippen molar-refractivity contribution in [3.8, 4) is 44.5 Å².